The molecule has 0 amide bonds. The fourth-order valence-corrected chi connectivity index (χ4v) is 3.43. The summed E-state index contributed by atoms with van der Waals surface area (Å²) in [7, 11) is 0. The average molecular weight is 397 g/mol. The van der Waals surface area contributed by atoms with Gasteiger partial charge in [0, 0.05) is 5.69 Å². The zero-order chi connectivity index (χ0) is 19.6. The van der Waals surface area contributed by atoms with Gasteiger partial charge in [-0.3, -0.25) is 0 Å². The second-order valence-corrected chi connectivity index (χ2v) is 6.93. The number of anilines is 2. The van der Waals surface area contributed by atoms with E-state index in [1.54, 1.807) is 0 Å². The molecule has 2 heterocycles. The summed E-state index contributed by atoms with van der Waals surface area (Å²) in [6.45, 7) is 0. The lowest BCUT2D eigenvalue weighted by Gasteiger charge is -2.10. The number of halogens is 3. The third-order valence-corrected chi connectivity index (χ3v) is 4.93. The van der Waals surface area contributed by atoms with Gasteiger partial charge in [0.25, 0.3) is 0 Å². The van der Waals surface area contributed by atoms with Crippen LogP contribution in [0.15, 0.2) is 66.0 Å². The van der Waals surface area contributed by atoms with Gasteiger partial charge in [-0.05, 0) is 47.4 Å². The maximum atomic E-state index is 12.7. The van der Waals surface area contributed by atoms with Crippen LogP contribution >= 0.6 is 11.3 Å². The van der Waals surface area contributed by atoms with E-state index in [4.69, 9.17) is 0 Å². The molecular formula is C21H14F3N3S. The van der Waals surface area contributed by atoms with Crippen LogP contribution in [0, 0.1) is 0 Å². The molecule has 0 spiro atoms. The Hall–Kier alpha value is -3.19. The Morgan fingerprint density at radius 1 is 0.857 bits per heavy atom. The molecule has 28 heavy (non-hydrogen) atoms. The lowest BCUT2D eigenvalue weighted by atomic mass is 10.2. The van der Waals surface area contributed by atoms with E-state index < -0.39 is 11.7 Å². The van der Waals surface area contributed by atoms with Gasteiger partial charge < -0.3 is 5.32 Å². The SMILES string of the molecule is FC(F)(F)c1ccc(Nc2nc(/C=C/c3ccccc3)nc3ccsc23)cc1. The van der Waals surface area contributed by atoms with Crippen molar-refractivity contribution in [1.82, 2.24) is 9.97 Å². The van der Waals surface area contributed by atoms with Crippen molar-refractivity contribution >= 4 is 45.2 Å². The molecule has 4 rings (SSSR count). The molecule has 140 valence electrons. The molecule has 3 nitrogen and oxygen atoms in total. The summed E-state index contributed by atoms with van der Waals surface area (Å²) in [5.74, 6) is 1.08. The summed E-state index contributed by atoms with van der Waals surface area (Å²) in [4.78, 5) is 9.06. The average Bonchev–Trinajstić information content (AvgIpc) is 3.16. The van der Waals surface area contributed by atoms with Crippen molar-refractivity contribution in [2.45, 2.75) is 6.18 Å². The van der Waals surface area contributed by atoms with Crippen LogP contribution in [0.25, 0.3) is 22.4 Å². The van der Waals surface area contributed by atoms with Crippen LogP contribution in [0.1, 0.15) is 17.0 Å². The number of hydrogen-bond acceptors (Lipinski definition) is 4. The molecule has 0 aliphatic carbocycles. The Balaban J connectivity index is 1.65. The molecule has 4 aromatic rings. The molecule has 0 atom stereocenters. The zero-order valence-electron chi connectivity index (χ0n) is 14.4. The van der Waals surface area contributed by atoms with E-state index in [1.165, 1.54) is 23.5 Å². The fraction of sp³-hybridized carbons (Fsp3) is 0.0476. The van der Waals surface area contributed by atoms with E-state index >= 15 is 0 Å². The summed E-state index contributed by atoms with van der Waals surface area (Å²) in [6.07, 6.45) is -0.635. The fourth-order valence-electron chi connectivity index (χ4n) is 2.65. The topological polar surface area (TPSA) is 37.8 Å². The maximum Gasteiger partial charge on any atom is 0.416 e. The molecular weight excluding hydrogens is 383 g/mol. The monoisotopic (exact) mass is 397 g/mol. The molecule has 0 saturated carbocycles. The third-order valence-electron chi connectivity index (χ3n) is 4.02. The first-order chi connectivity index (χ1) is 13.5. The van der Waals surface area contributed by atoms with E-state index in [-0.39, 0.29) is 0 Å². The lowest BCUT2D eigenvalue weighted by Crippen LogP contribution is -2.04. The standard InChI is InChI=1S/C21H14F3N3S/c22-21(23,24)15-7-9-16(10-8-15)25-20-19-17(12-13-28-19)26-18(27-20)11-6-14-4-2-1-3-5-14/h1-13H,(H,25,26,27)/b11-6+. The predicted molar refractivity (Wildman–Crippen MR) is 108 cm³/mol. The third kappa shape index (κ3) is 4.04. The number of hydrogen-bond donors (Lipinski definition) is 1. The van der Waals surface area contributed by atoms with Gasteiger partial charge in [-0.2, -0.15) is 13.2 Å². The van der Waals surface area contributed by atoms with Crippen LogP contribution < -0.4 is 5.32 Å². The minimum Gasteiger partial charge on any atom is -0.339 e. The highest BCUT2D eigenvalue weighted by atomic mass is 32.1. The van der Waals surface area contributed by atoms with Gasteiger partial charge in [0.15, 0.2) is 11.6 Å². The van der Waals surface area contributed by atoms with Crippen LogP contribution in [0.5, 0.6) is 0 Å². The minimum absolute atomic E-state index is 0.518. The predicted octanol–water partition coefficient (Wildman–Crippen LogP) is 6.62. The highest BCUT2D eigenvalue weighted by Gasteiger charge is 2.29. The number of fused-ring (bicyclic) bond motifs is 1. The Kier molecular flexibility index (Phi) is 4.83. The molecule has 0 fully saturated rings. The number of nitrogens with one attached hydrogen (secondary N) is 1. The number of rotatable bonds is 4. The number of nitrogens with zero attached hydrogens (tertiary/aromatic N) is 2. The molecule has 2 aromatic heterocycles. The molecule has 7 heteroatoms. The van der Waals surface area contributed by atoms with Gasteiger partial charge in [0.2, 0.25) is 0 Å². The Bertz CT molecular complexity index is 1120. The quantitative estimate of drug-likeness (QED) is 0.420. The van der Waals surface area contributed by atoms with Crippen molar-refractivity contribution in [3.8, 4) is 0 Å². The van der Waals surface area contributed by atoms with Crippen LogP contribution in [0.4, 0.5) is 24.7 Å². The van der Waals surface area contributed by atoms with Gasteiger partial charge in [0.05, 0.1) is 15.8 Å². The molecule has 0 bridgehead atoms. The second-order valence-electron chi connectivity index (χ2n) is 6.01. The van der Waals surface area contributed by atoms with Crippen molar-refractivity contribution in [3.05, 3.63) is 83.0 Å². The second kappa shape index (κ2) is 7.44. The first-order valence-corrected chi connectivity index (χ1v) is 9.30. The van der Waals surface area contributed by atoms with Crippen LogP contribution in [0.3, 0.4) is 0 Å². The molecule has 1 N–H and O–H groups in total. The van der Waals surface area contributed by atoms with Crippen molar-refractivity contribution in [2.75, 3.05) is 5.32 Å². The van der Waals surface area contributed by atoms with Gasteiger partial charge in [0.1, 0.15) is 0 Å². The largest absolute Gasteiger partial charge is 0.416 e. The van der Waals surface area contributed by atoms with Crippen molar-refractivity contribution in [2.24, 2.45) is 0 Å². The van der Waals surface area contributed by atoms with Gasteiger partial charge >= 0.3 is 6.18 Å². The van der Waals surface area contributed by atoms with E-state index in [0.717, 1.165) is 27.9 Å². The van der Waals surface area contributed by atoms with E-state index in [9.17, 15) is 13.2 Å². The highest BCUT2D eigenvalue weighted by Crippen LogP contribution is 2.32. The Morgan fingerprint density at radius 3 is 2.32 bits per heavy atom. The van der Waals surface area contributed by atoms with Gasteiger partial charge in [-0.15, -0.1) is 11.3 Å². The summed E-state index contributed by atoms with van der Waals surface area (Å²) in [5.41, 5.74) is 1.64. The molecule has 2 aromatic carbocycles. The number of benzene rings is 2. The summed E-state index contributed by atoms with van der Waals surface area (Å²) in [5, 5.41) is 5.01. The molecule has 0 aliphatic heterocycles. The normalized spacial score (nSPS) is 12.0. The first kappa shape index (κ1) is 18.2. The van der Waals surface area contributed by atoms with Gasteiger partial charge in [-0.1, -0.05) is 36.4 Å². The van der Waals surface area contributed by atoms with Crippen molar-refractivity contribution in [3.63, 3.8) is 0 Å². The van der Waals surface area contributed by atoms with E-state index in [2.05, 4.69) is 15.3 Å². The number of thiophene rings is 1. The summed E-state index contributed by atoms with van der Waals surface area (Å²) < 4.78 is 39.1. The molecule has 0 unspecified atom stereocenters. The van der Waals surface area contributed by atoms with E-state index in [1.807, 2.05) is 53.9 Å². The maximum absolute atomic E-state index is 12.7. The lowest BCUT2D eigenvalue weighted by molar-refractivity contribution is -0.137. The number of alkyl halides is 3. The first-order valence-electron chi connectivity index (χ1n) is 8.42. The highest BCUT2D eigenvalue weighted by molar-refractivity contribution is 7.17. The Labute approximate surface area is 163 Å². The van der Waals surface area contributed by atoms with Crippen LogP contribution in [0.2, 0.25) is 0 Å². The van der Waals surface area contributed by atoms with Crippen LogP contribution in [-0.4, -0.2) is 9.97 Å². The summed E-state index contributed by atoms with van der Waals surface area (Å²) in [6, 6.07) is 16.5. The van der Waals surface area contributed by atoms with Crippen LogP contribution in [-0.2, 0) is 6.18 Å². The van der Waals surface area contributed by atoms with Crippen molar-refractivity contribution < 1.29 is 13.2 Å². The Morgan fingerprint density at radius 2 is 1.61 bits per heavy atom. The minimum atomic E-state index is -4.36. The smallest absolute Gasteiger partial charge is 0.339 e. The molecule has 0 aliphatic rings. The molecule has 0 radical (unpaired) electrons. The van der Waals surface area contributed by atoms with Gasteiger partial charge in [-0.25, -0.2) is 9.97 Å². The number of aromatic nitrogens is 2. The molecule has 0 saturated heterocycles. The summed E-state index contributed by atoms with van der Waals surface area (Å²) >= 11 is 1.47. The van der Waals surface area contributed by atoms with Crippen molar-refractivity contribution in [1.29, 1.82) is 0 Å². The van der Waals surface area contributed by atoms with E-state index in [0.29, 0.717) is 17.3 Å². The zero-order valence-corrected chi connectivity index (χ0v) is 15.3.